The number of benzene rings is 2. The lowest BCUT2D eigenvalue weighted by atomic mass is 9.48. The Balaban J connectivity index is 1.40. The number of likely N-dealkylation sites (N-methyl/N-ethyl adjacent to an activating group) is 2. The fourth-order valence-electron chi connectivity index (χ4n) is 7.48. The zero-order chi connectivity index (χ0) is 26.3. The minimum absolute atomic E-state index is 0.0523. The summed E-state index contributed by atoms with van der Waals surface area (Å²) < 4.78 is 12.2. The van der Waals surface area contributed by atoms with E-state index in [1.807, 2.05) is 6.07 Å². The first-order valence-electron chi connectivity index (χ1n) is 12.7. The quantitative estimate of drug-likeness (QED) is 0.466. The highest BCUT2D eigenvalue weighted by Crippen LogP contribution is 2.65. The lowest BCUT2D eigenvalue weighted by Crippen LogP contribution is -2.77. The summed E-state index contributed by atoms with van der Waals surface area (Å²) in [7, 11) is 3.87. The van der Waals surface area contributed by atoms with Crippen molar-refractivity contribution in [2.45, 2.75) is 68.2 Å². The minimum atomic E-state index is -1.01. The van der Waals surface area contributed by atoms with E-state index < -0.39 is 23.1 Å². The number of rotatable bonds is 4. The predicted molar refractivity (Wildman–Crippen MR) is 139 cm³/mol. The number of likely N-dealkylation sites (tertiary alicyclic amines) is 1. The third kappa shape index (κ3) is 3.47. The van der Waals surface area contributed by atoms with Crippen molar-refractivity contribution in [2.75, 3.05) is 20.6 Å². The van der Waals surface area contributed by atoms with Crippen molar-refractivity contribution in [3.05, 3.63) is 57.1 Å². The van der Waals surface area contributed by atoms with Gasteiger partial charge in [-0.1, -0.05) is 35.3 Å². The van der Waals surface area contributed by atoms with Gasteiger partial charge >= 0.3 is 5.97 Å². The first-order chi connectivity index (χ1) is 17.6. The Morgan fingerprint density at radius 3 is 2.73 bits per heavy atom. The molecule has 196 valence electrons. The number of ether oxygens (including phenoxy) is 2. The van der Waals surface area contributed by atoms with E-state index in [0.717, 1.165) is 23.2 Å². The molecule has 1 saturated heterocycles. The molecule has 7 nitrogen and oxygen atoms in total. The lowest BCUT2D eigenvalue weighted by Gasteiger charge is -2.64. The molecule has 2 unspecified atom stereocenters. The molecule has 1 spiro atoms. The Labute approximate surface area is 226 Å². The zero-order valence-corrected chi connectivity index (χ0v) is 22.6. The second-order valence-corrected chi connectivity index (χ2v) is 11.8. The van der Waals surface area contributed by atoms with Crippen molar-refractivity contribution >= 4 is 35.1 Å². The van der Waals surface area contributed by atoms with Gasteiger partial charge in [0.2, 0.25) is 5.91 Å². The molecule has 9 heteroatoms. The van der Waals surface area contributed by atoms with Gasteiger partial charge in [0.05, 0.1) is 33.5 Å². The van der Waals surface area contributed by atoms with Crippen LogP contribution < -0.4 is 9.47 Å². The summed E-state index contributed by atoms with van der Waals surface area (Å²) in [4.78, 5) is 29.4. The van der Waals surface area contributed by atoms with Crippen LogP contribution in [-0.4, -0.2) is 71.2 Å². The van der Waals surface area contributed by atoms with Crippen LogP contribution in [0.2, 0.25) is 10.0 Å². The van der Waals surface area contributed by atoms with Crippen molar-refractivity contribution in [2.24, 2.45) is 0 Å². The molecule has 2 aromatic carbocycles. The van der Waals surface area contributed by atoms with Crippen molar-refractivity contribution < 1.29 is 24.2 Å². The smallest absolute Gasteiger partial charge is 0.308 e. The molecule has 2 fully saturated rings. The molecule has 1 N–H and O–H groups in total. The highest BCUT2D eigenvalue weighted by molar-refractivity contribution is 6.42. The second-order valence-electron chi connectivity index (χ2n) is 10.9. The Morgan fingerprint density at radius 1 is 1.22 bits per heavy atom. The Bertz CT molecular complexity index is 1320. The highest BCUT2D eigenvalue weighted by atomic mass is 35.5. The topological polar surface area (TPSA) is 79.3 Å². The van der Waals surface area contributed by atoms with Crippen molar-refractivity contribution in [1.82, 2.24) is 9.80 Å². The van der Waals surface area contributed by atoms with E-state index >= 15 is 0 Å². The van der Waals surface area contributed by atoms with Crippen LogP contribution in [0.3, 0.4) is 0 Å². The summed E-state index contributed by atoms with van der Waals surface area (Å²) in [6, 6.07) is 8.70. The van der Waals surface area contributed by atoms with E-state index in [4.69, 9.17) is 32.7 Å². The molecule has 2 bridgehead atoms. The average Bonchev–Trinajstić information content (AvgIpc) is 3.20. The van der Waals surface area contributed by atoms with Gasteiger partial charge in [0.25, 0.3) is 0 Å². The van der Waals surface area contributed by atoms with Gasteiger partial charge in [-0.3, -0.25) is 9.59 Å². The molecule has 37 heavy (non-hydrogen) atoms. The molecule has 1 saturated carbocycles. The lowest BCUT2D eigenvalue weighted by molar-refractivity contribution is -0.196. The van der Waals surface area contributed by atoms with Crippen LogP contribution >= 0.6 is 23.2 Å². The van der Waals surface area contributed by atoms with E-state index in [1.54, 1.807) is 36.2 Å². The Morgan fingerprint density at radius 2 is 2.00 bits per heavy atom. The average molecular weight is 545 g/mol. The molecule has 6 rings (SSSR count). The molecule has 1 amide bonds. The largest absolute Gasteiger partial charge is 0.483 e. The van der Waals surface area contributed by atoms with Crippen LogP contribution in [0, 0.1) is 0 Å². The molecule has 0 aromatic heterocycles. The number of aliphatic hydroxyl groups is 1. The van der Waals surface area contributed by atoms with Crippen molar-refractivity contribution in [3.8, 4) is 11.5 Å². The molecule has 2 aliphatic heterocycles. The van der Waals surface area contributed by atoms with E-state index in [0.29, 0.717) is 47.2 Å². The van der Waals surface area contributed by atoms with E-state index in [9.17, 15) is 14.7 Å². The van der Waals surface area contributed by atoms with E-state index in [-0.39, 0.29) is 24.4 Å². The number of amides is 1. The van der Waals surface area contributed by atoms with Crippen molar-refractivity contribution in [3.63, 3.8) is 0 Å². The van der Waals surface area contributed by atoms with Crippen LogP contribution in [0.1, 0.15) is 42.9 Å². The molecule has 5 atom stereocenters. The van der Waals surface area contributed by atoms with Gasteiger partial charge in [-0.25, -0.2) is 0 Å². The van der Waals surface area contributed by atoms with Crippen LogP contribution in [0.25, 0.3) is 0 Å². The van der Waals surface area contributed by atoms with Crippen LogP contribution in [0.4, 0.5) is 0 Å². The van der Waals surface area contributed by atoms with E-state index in [1.165, 1.54) is 6.92 Å². The summed E-state index contributed by atoms with van der Waals surface area (Å²) in [6.07, 6.45) is 2.25. The molecule has 2 aliphatic carbocycles. The zero-order valence-electron chi connectivity index (χ0n) is 21.1. The number of hydrogen-bond acceptors (Lipinski definition) is 6. The molecule has 2 aromatic rings. The maximum Gasteiger partial charge on any atom is 0.308 e. The number of hydrogen-bond donors (Lipinski definition) is 1. The Hall–Kier alpha value is -2.32. The maximum atomic E-state index is 13.5. The molecule has 2 heterocycles. The summed E-state index contributed by atoms with van der Waals surface area (Å²) >= 11 is 12.2. The van der Waals surface area contributed by atoms with Gasteiger partial charge < -0.3 is 24.4 Å². The standard InChI is InChI=1S/C28H30Cl2N2O5/c1-15(33)36-21-7-5-17-14-22-28(35)9-8-20(26-27(28,10-11-31(22)2)24(17)25(21)37-26)32(3)23(34)13-16-4-6-18(29)19(30)12-16/h4-7,12,20,22,26,35H,8-11,13-14H2,1-3H3/t20?,22-,26?,27+,28-/m1/s1. The summed E-state index contributed by atoms with van der Waals surface area (Å²) in [6.45, 7) is 2.17. The Kier molecular flexibility index (Phi) is 5.81. The summed E-state index contributed by atoms with van der Waals surface area (Å²) in [5.41, 5.74) is 1.15. The van der Waals surface area contributed by atoms with Crippen LogP contribution in [-0.2, 0) is 27.8 Å². The number of piperidine rings is 1. The number of esters is 1. The summed E-state index contributed by atoms with van der Waals surface area (Å²) in [5.74, 6) is 0.421. The fourth-order valence-corrected chi connectivity index (χ4v) is 7.80. The molecular weight excluding hydrogens is 515 g/mol. The number of halogens is 2. The normalized spacial score (nSPS) is 31.4. The molecule has 4 aliphatic rings. The number of carbonyl (C=O) groups is 2. The van der Waals surface area contributed by atoms with Gasteiger partial charge in [-0.15, -0.1) is 0 Å². The minimum Gasteiger partial charge on any atom is -0.483 e. The van der Waals surface area contributed by atoms with Gasteiger partial charge in [0.15, 0.2) is 11.5 Å². The predicted octanol–water partition coefficient (Wildman–Crippen LogP) is 3.77. The third-order valence-electron chi connectivity index (χ3n) is 9.17. The number of carbonyl (C=O) groups excluding carboxylic acids is 2. The van der Waals surface area contributed by atoms with Crippen molar-refractivity contribution in [1.29, 1.82) is 0 Å². The molecular formula is C28H30Cl2N2O5. The first kappa shape index (κ1) is 25.0. The van der Waals surface area contributed by atoms with Crippen LogP contribution in [0.15, 0.2) is 30.3 Å². The second kappa shape index (κ2) is 8.60. The van der Waals surface area contributed by atoms with Crippen LogP contribution in [0.5, 0.6) is 11.5 Å². The maximum absolute atomic E-state index is 13.5. The first-order valence-corrected chi connectivity index (χ1v) is 13.5. The van der Waals surface area contributed by atoms with Gasteiger partial charge in [-0.2, -0.15) is 0 Å². The SMILES string of the molecule is CC(=O)Oc1ccc2c3c1OC1C(N(C)C(=O)Cc4ccc(Cl)c(Cl)c4)CC[C@@]4(O)[C@@H](C2)N(C)CC[C@]314. The third-order valence-corrected chi connectivity index (χ3v) is 9.91. The number of nitrogens with zero attached hydrogens (tertiary/aromatic N) is 2. The molecule has 0 radical (unpaired) electrons. The highest BCUT2D eigenvalue weighted by Gasteiger charge is 2.73. The van der Waals surface area contributed by atoms with Gasteiger partial charge in [0, 0.05) is 25.6 Å². The van der Waals surface area contributed by atoms with Gasteiger partial charge in [0.1, 0.15) is 6.10 Å². The monoisotopic (exact) mass is 544 g/mol. The van der Waals surface area contributed by atoms with E-state index in [2.05, 4.69) is 11.9 Å². The summed E-state index contributed by atoms with van der Waals surface area (Å²) in [5, 5.41) is 13.3. The fraction of sp³-hybridized carbons (Fsp3) is 0.500. The van der Waals surface area contributed by atoms with Gasteiger partial charge in [-0.05, 0) is 68.6 Å².